The second-order valence-corrected chi connectivity index (χ2v) is 5.91. The number of morpholine rings is 1. The number of ether oxygens (including phenoxy) is 1. The first kappa shape index (κ1) is 16.5. The Labute approximate surface area is 143 Å². The predicted molar refractivity (Wildman–Crippen MR) is 86.5 cm³/mol. The zero-order chi connectivity index (χ0) is 17.1. The zero-order valence-electron chi connectivity index (χ0n) is 12.8. The maximum Gasteiger partial charge on any atom is 0.305 e. The molecule has 1 amide bonds. The summed E-state index contributed by atoms with van der Waals surface area (Å²) in [6, 6.07) is 6.61. The minimum atomic E-state index is -0.958. The van der Waals surface area contributed by atoms with Crippen LogP contribution in [0.4, 0.5) is 0 Å². The summed E-state index contributed by atoms with van der Waals surface area (Å²) >= 11 is 5.86. The highest BCUT2D eigenvalue weighted by Gasteiger charge is 2.30. The van der Waals surface area contributed by atoms with Gasteiger partial charge in [0.1, 0.15) is 0 Å². The van der Waals surface area contributed by atoms with E-state index in [1.54, 1.807) is 40.0 Å². The Morgan fingerprint density at radius 3 is 2.79 bits per heavy atom. The largest absolute Gasteiger partial charge is 0.481 e. The molecule has 8 heteroatoms. The van der Waals surface area contributed by atoms with Crippen LogP contribution in [0.5, 0.6) is 0 Å². The fourth-order valence-electron chi connectivity index (χ4n) is 2.63. The highest BCUT2D eigenvalue weighted by atomic mass is 35.5. The van der Waals surface area contributed by atoms with Crippen LogP contribution in [0.2, 0.25) is 5.02 Å². The number of carboxylic acid groups (broad SMARTS) is 1. The van der Waals surface area contributed by atoms with Crippen molar-refractivity contribution in [2.75, 3.05) is 19.8 Å². The fourth-order valence-corrected chi connectivity index (χ4v) is 2.75. The van der Waals surface area contributed by atoms with Crippen LogP contribution in [0, 0.1) is 0 Å². The minimum Gasteiger partial charge on any atom is -0.481 e. The standard InChI is InChI=1S/C16H16ClN3O4/c17-12-1-3-13(4-2-12)20-9-11(8-18-20)16(23)19-5-6-24-10-14(19)7-15(21)22/h1-4,8-9,14H,5-7,10H2,(H,21,22). The van der Waals surface area contributed by atoms with Crippen LogP contribution in [0.1, 0.15) is 16.8 Å². The Balaban J connectivity index is 1.79. The molecule has 1 unspecified atom stereocenters. The van der Waals surface area contributed by atoms with Gasteiger partial charge in [0.15, 0.2) is 0 Å². The first-order chi connectivity index (χ1) is 11.5. The first-order valence-corrected chi connectivity index (χ1v) is 7.83. The summed E-state index contributed by atoms with van der Waals surface area (Å²) in [5.74, 6) is -1.20. The molecule has 1 aromatic heterocycles. The van der Waals surface area contributed by atoms with Gasteiger partial charge in [0.05, 0.1) is 43.1 Å². The van der Waals surface area contributed by atoms with Crippen molar-refractivity contribution >= 4 is 23.5 Å². The van der Waals surface area contributed by atoms with Gasteiger partial charge in [-0.25, -0.2) is 4.68 Å². The number of aromatic nitrogens is 2. The molecule has 2 heterocycles. The Kier molecular flexibility index (Phi) is 4.82. The van der Waals surface area contributed by atoms with E-state index in [0.717, 1.165) is 5.69 Å². The van der Waals surface area contributed by atoms with Crippen LogP contribution in [0.15, 0.2) is 36.7 Å². The van der Waals surface area contributed by atoms with Crippen LogP contribution in [-0.4, -0.2) is 57.5 Å². The molecular formula is C16H16ClN3O4. The Morgan fingerprint density at radius 2 is 2.08 bits per heavy atom. The lowest BCUT2D eigenvalue weighted by Crippen LogP contribution is -2.49. The zero-order valence-corrected chi connectivity index (χ0v) is 13.5. The lowest BCUT2D eigenvalue weighted by atomic mass is 10.1. The van der Waals surface area contributed by atoms with Crippen molar-refractivity contribution in [1.82, 2.24) is 14.7 Å². The number of carbonyl (C=O) groups excluding carboxylic acids is 1. The van der Waals surface area contributed by atoms with Crippen molar-refractivity contribution in [3.8, 4) is 5.69 Å². The molecule has 3 rings (SSSR count). The molecule has 1 aromatic carbocycles. The molecule has 0 saturated carbocycles. The monoisotopic (exact) mass is 349 g/mol. The van der Waals surface area contributed by atoms with E-state index in [4.69, 9.17) is 21.4 Å². The maximum atomic E-state index is 12.7. The summed E-state index contributed by atoms with van der Waals surface area (Å²) in [6.07, 6.45) is 2.96. The maximum absolute atomic E-state index is 12.7. The number of amides is 1. The average molecular weight is 350 g/mol. The quantitative estimate of drug-likeness (QED) is 0.910. The number of benzene rings is 1. The summed E-state index contributed by atoms with van der Waals surface area (Å²) in [5, 5.41) is 13.8. The van der Waals surface area contributed by atoms with Gasteiger partial charge in [0.2, 0.25) is 0 Å². The van der Waals surface area contributed by atoms with Crippen LogP contribution in [0.3, 0.4) is 0 Å². The van der Waals surface area contributed by atoms with E-state index in [1.807, 2.05) is 0 Å². The van der Waals surface area contributed by atoms with E-state index in [0.29, 0.717) is 23.7 Å². The Bertz CT molecular complexity index is 744. The fraction of sp³-hybridized carbons (Fsp3) is 0.312. The molecule has 0 aliphatic carbocycles. The lowest BCUT2D eigenvalue weighted by Gasteiger charge is -2.34. The Morgan fingerprint density at radius 1 is 1.33 bits per heavy atom. The van der Waals surface area contributed by atoms with Crippen molar-refractivity contribution in [2.24, 2.45) is 0 Å². The topological polar surface area (TPSA) is 84.7 Å². The molecule has 1 aliphatic heterocycles. The van der Waals surface area contributed by atoms with Gasteiger partial charge >= 0.3 is 5.97 Å². The average Bonchev–Trinajstić information content (AvgIpc) is 3.05. The molecule has 0 spiro atoms. The SMILES string of the molecule is O=C(O)CC1COCCN1C(=O)c1cnn(-c2ccc(Cl)cc2)c1. The van der Waals surface area contributed by atoms with E-state index >= 15 is 0 Å². The molecular weight excluding hydrogens is 334 g/mol. The molecule has 126 valence electrons. The molecule has 24 heavy (non-hydrogen) atoms. The highest BCUT2D eigenvalue weighted by Crippen LogP contribution is 2.17. The van der Waals surface area contributed by atoms with Gasteiger partial charge in [-0.2, -0.15) is 5.10 Å². The van der Waals surface area contributed by atoms with Gasteiger partial charge in [0.25, 0.3) is 5.91 Å². The van der Waals surface area contributed by atoms with Gasteiger partial charge in [0, 0.05) is 17.8 Å². The van der Waals surface area contributed by atoms with Crippen LogP contribution in [0.25, 0.3) is 5.69 Å². The van der Waals surface area contributed by atoms with Gasteiger partial charge in [-0.05, 0) is 24.3 Å². The van der Waals surface area contributed by atoms with Gasteiger partial charge in [-0.15, -0.1) is 0 Å². The number of hydrogen-bond donors (Lipinski definition) is 1. The predicted octanol–water partition coefficient (Wildman–Crippen LogP) is 1.84. The number of carbonyl (C=O) groups is 2. The van der Waals surface area contributed by atoms with E-state index in [9.17, 15) is 9.59 Å². The van der Waals surface area contributed by atoms with Gasteiger partial charge in [-0.1, -0.05) is 11.6 Å². The molecule has 1 fully saturated rings. The van der Waals surface area contributed by atoms with Crippen molar-refractivity contribution in [2.45, 2.75) is 12.5 Å². The summed E-state index contributed by atoms with van der Waals surface area (Å²) in [5.41, 5.74) is 1.18. The van der Waals surface area contributed by atoms with E-state index < -0.39 is 12.0 Å². The number of carboxylic acids is 1. The van der Waals surface area contributed by atoms with Crippen molar-refractivity contribution < 1.29 is 19.4 Å². The van der Waals surface area contributed by atoms with Crippen molar-refractivity contribution in [3.05, 3.63) is 47.2 Å². The number of aliphatic carboxylic acids is 1. The van der Waals surface area contributed by atoms with E-state index in [2.05, 4.69) is 5.10 Å². The molecule has 0 radical (unpaired) electrons. The lowest BCUT2D eigenvalue weighted by molar-refractivity contribution is -0.139. The summed E-state index contributed by atoms with van der Waals surface area (Å²) in [6.45, 7) is 0.986. The smallest absolute Gasteiger partial charge is 0.305 e. The molecule has 7 nitrogen and oxygen atoms in total. The molecule has 1 aliphatic rings. The summed E-state index contributed by atoms with van der Waals surface area (Å²) in [7, 11) is 0. The summed E-state index contributed by atoms with van der Waals surface area (Å²) in [4.78, 5) is 25.2. The van der Waals surface area contributed by atoms with Crippen molar-refractivity contribution in [3.63, 3.8) is 0 Å². The second-order valence-electron chi connectivity index (χ2n) is 5.48. The number of hydrogen-bond acceptors (Lipinski definition) is 4. The van der Waals surface area contributed by atoms with E-state index in [1.165, 1.54) is 6.20 Å². The molecule has 2 aromatic rings. The normalized spacial score (nSPS) is 17.7. The van der Waals surface area contributed by atoms with Crippen LogP contribution in [-0.2, 0) is 9.53 Å². The van der Waals surface area contributed by atoms with E-state index in [-0.39, 0.29) is 18.9 Å². The molecule has 1 N–H and O–H groups in total. The number of nitrogens with zero attached hydrogens (tertiary/aromatic N) is 3. The van der Waals surface area contributed by atoms with Gasteiger partial charge in [-0.3, -0.25) is 9.59 Å². The minimum absolute atomic E-state index is 0.142. The molecule has 1 atom stereocenters. The van der Waals surface area contributed by atoms with Gasteiger partial charge < -0.3 is 14.7 Å². The number of halogens is 1. The number of rotatable bonds is 4. The Hall–Kier alpha value is -2.38. The third-order valence-corrected chi connectivity index (χ3v) is 4.07. The molecule has 1 saturated heterocycles. The molecule has 0 bridgehead atoms. The first-order valence-electron chi connectivity index (χ1n) is 7.45. The third-order valence-electron chi connectivity index (χ3n) is 3.82. The summed E-state index contributed by atoms with van der Waals surface area (Å²) < 4.78 is 6.87. The third kappa shape index (κ3) is 3.58. The van der Waals surface area contributed by atoms with Crippen molar-refractivity contribution in [1.29, 1.82) is 0 Å². The second kappa shape index (κ2) is 7.02. The highest BCUT2D eigenvalue weighted by molar-refractivity contribution is 6.30. The van der Waals surface area contributed by atoms with Crippen LogP contribution < -0.4 is 0 Å². The van der Waals surface area contributed by atoms with Crippen LogP contribution >= 0.6 is 11.6 Å².